The zero-order chi connectivity index (χ0) is 12.1. The highest BCUT2D eigenvalue weighted by Gasteiger charge is 2.35. The lowest BCUT2D eigenvalue weighted by atomic mass is 9.83. The van der Waals surface area contributed by atoms with Crippen molar-refractivity contribution in [2.75, 3.05) is 31.3 Å². The van der Waals surface area contributed by atoms with Crippen molar-refractivity contribution in [3.63, 3.8) is 0 Å². The second-order valence-electron chi connectivity index (χ2n) is 5.85. The van der Waals surface area contributed by atoms with Crippen LogP contribution in [-0.2, 0) is 4.74 Å². The fourth-order valence-corrected chi connectivity index (χ4v) is 2.83. The first-order chi connectivity index (χ1) is 7.47. The molecule has 1 heterocycles. The van der Waals surface area contributed by atoms with Crippen LogP contribution in [0.25, 0.3) is 0 Å². The van der Waals surface area contributed by atoms with Crippen LogP contribution in [0.2, 0.25) is 0 Å². The minimum absolute atomic E-state index is 0.216. The number of rotatable bonds is 6. The summed E-state index contributed by atoms with van der Waals surface area (Å²) in [6.45, 7) is 11.9. The van der Waals surface area contributed by atoms with Gasteiger partial charge in [0.1, 0.15) is 0 Å². The van der Waals surface area contributed by atoms with E-state index in [0.29, 0.717) is 5.41 Å². The lowest BCUT2D eigenvalue weighted by Crippen LogP contribution is -2.44. The second kappa shape index (κ2) is 6.27. The Hall–Kier alpha value is 0.270. The molecule has 0 aromatic heterocycles. The van der Waals surface area contributed by atoms with Crippen LogP contribution < -0.4 is 5.32 Å². The quantitative estimate of drug-likeness (QED) is 0.727. The Bertz CT molecular complexity index is 195. The van der Waals surface area contributed by atoms with E-state index < -0.39 is 0 Å². The molecule has 2 nitrogen and oxygen atoms in total. The molecular formula is C13H27NOS. The smallest absolute Gasteiger partial charge is 0.0535 e. The Morgan fingerprint density at radius 2 is 2.12 bits per heavy atom. The van der Waals surface area contributed by atoms with Gasteiger partial charge in [0.25, 0.3) is 0 Å². The van der Waals surface area contributed by atoms with Gasteiger partial charge in [-0.1, -0.05) is 6.92 Å². The summed E-state index contributed by atoms with van der Waals surface area (Å²) < 4.78 is 5.61. The van der Waals surface area contributed by atoms with Crippen molar-refractivity contribution in [1.29, 1.82) is 0 Å². The molecule has 0 spiro atoms. The van der Waals surface area contributed by atoms with Crippen LogP contribution in [0.15, 0.2) is 0 Å². The highest BCUT2D eigenvalue weighted by molar-refractivity contribution is 7.99. The second-order valence-corrected chi connectivity index (χ2v) is 7.25. The van der Waals surface area contributed by atoms with E-state index in [1.165, 1.54) is 24.3 Å². The Kier molecular flexibility index (Phi) is 5.62. The van der Waals surface area contributed by atoms with Crippen molar-refractivity contribution < 1.29 is 4.74 Å². The van der Waals surface area contributed by atoms with Crippen molar-refractivity contribution in [3.05, 3.63) is 0 Å². The first kappa shape index (κ1) is 14.3. The molecule has 1 aliphatic heterocycles. The zero-order valence-electron chi connectivity index (χ0n) is 11.3. The van der Waals surface area contributed by atoms with E-state index in [1.54, 1.807) is 0 Å². The van der Waals surface area contributed by atoms with Gasteiger partial charge >= 0.3 is 0 Å². The standard InChI is InChI=1S/C13H27NOS/c1-5-16-9-7-13(6-8-15-11-13)10-14-12(2,3)4/h14H,5-11H2,1-4H3. The van der Waals surface area contributed by atoms with Crippen molar-refractivity contribution in [1.82, 2.24) is 5.32 Å². The van der Waals surface area contributed by atoms with E-state index in [4.69, 9.17) is 4.74 Å². The van der Waals surface area contributed by atoms with Gasteiger partial charge in [0.05, 0.1) is 6.61 Å². The van der Waals surface area contributed by atoms with Crippen molar-refractivity contribution in [3.8, 4) is 0 Å². The molecule has 16 heavy (non-hydrogen) atoms. The van der Waals surface area contributed by atoms with Crippen LogP contribution in [-0.4, -0.2) is 36.8 Å². The number of hydrogen-bond donors (Lipinski definition) is 1. The third kappa shape index (κ3) is 5.07. The molecule has 0 amide bonds. The number of nitrogens with one attached hydrogen (secondary N) is 1. The monoisotopic (exact) mass is 245 g/mol. The SMILES string of the molecule is CCSCCC1(CNC(C)(C)C)CCOC1. The summed E-state index contributed by atoms with van der Waals surface area (Å²) in [5, 5.41) is 3.64. The molecule has 1 saturated heterocycles. The van der Waals surface area contributed by atoms with Crippen LogP contribution in [0.1, 0.15) is 40.5 Å². The third-order valence-electron chi connectivity index (χ3n) is 3.16. The highest BCUT2D eigenvalue weighted by Crippen LogP contribution is 2.33. The summed E-state index contributed by atoms with van der Waals surface area (Å²) in [6.07, 6.45) is 2.51. The molecule has 1 aliphatic rings. The Balaban J connectivity index is 2.39. The normalized spacial score (nSPS) is 26.2. The fourth-order valence-electron chi connectivity index (χ4n) is 1.96. The van der Waals surface area contributed by atoms with Crippen LogP contribution in [0.4, 0.5) is 0 Å². The number of hydrogen-bond acceptors (Lipinski definition) is 3. The number of ether oxygens (including phenoxy) is 1. The average molecular weight is 245 g/mol. The van der Waals surface area contributed by atoms with Gasteiger partial charge in [-0.15, -0.1) is 0 Å². The largest absolute Gasteiger partial charge is 0.381 e. The summed E-state index contributed by atoms with van der Waals surface area (Å²) in [5.74, 6) is 2.50. The topological polar surface area (TPSA) is 21.3 Å². The Labute approximate surface area is 105 Å². The first-order valence-corrected chi connectivity index (χ1v) is 7.53. The molecule has 0 saturated carbocycles. The Morgan fingerprint density at radius 3 is 2.62 bits per heavy atom. The number of thioether (sulfide) groups is 1. The molecule has 1 atom stereocenters. The summed E-state index contributed by atoms with van der Waals surface area (Å²) in [7, 11) is 0. The van der Waals surface area contributed by atoms with Gasteiger partial charge in [-0.3, -0.25) is 0 Å². The zero-order valence-corrected chi connectivity index (χ0v) is 12.1. The first-order valence-electron chi connectivity index (χ1n) is 6.38. The predicted molar refractivity (Wildman–Crippen MR) is 73.2 cm³/mol. The average Bonchev–Trinajstić information content (AvgIpc) is 2.64. The van der Waals surface area contributed by atoms with E-state index in [1.807, 2.05) is 11.8 Å². The summed E-state index contributed by atoms with van der Waals surface area (Å²) in [5.41, 5.74) is 0.614. The van der Waals surface area contributed by atoms with E-state index in [-0.39, 0.29) is 5.54 Å². The van der Waals surface area contributed by atoms with Gasteiger partial charge in [0.2, 0.25) is 0 Å². The summed E-state index contributed by atoms with van der Waals surface area (Å²) in [6, 6.07) is 0. The van der Waals surface area contributed by atoms with E-state index in [2.05, 4.69) is 33.0 Å². The molecule has 0 aromatic rings. The van der Waals surface area contributed by atoms with Crippen molar-refractivity contribution >= 4 is 11.8 Å². The van der Waals surface area contributed by atoms with Gasteiger partial charge in [-0.05, 0) is 45.1 Å². The van der Waals surface area contributed by atoms with Crippen LogP contribution >= 0.6 is 11.8 Å². The molecule has 1 fully saturated rings. The maximum Gasteiger partial charge on any atom is 0.0535 e. The van der Waals surface area contributed by atoms with Crippen LogP contribution in [0.5, 0.6) is 0 Å². The minimum Gasteiger partial charge on any atom is -0.381 e. The van der Waals surface area contributed by atoms with E-state index in [9.17, 15) is 0 Å². The molecule has 0 aliphatic carbocycles. The third-order valence-corrected chi connectivity index (χ3v) is 4.06. The summed E-state index contributed by atoms with van der Waals surface area (Å²) >= 11 is 2.04. The van der Waals surface area contributed by atoms with Crippen molar-refractivity contribution in [2.24, 2.45) is 5.41 Å². The molecule has 3 heteroatoms. The predicted octanol–water partition coefficient (Wildman–Crippen LogP) is 2.92. The maximum atomic E-state index is 5.61. The maximum absolute atomic E-state index is 5.61. The fraction of sp³-hybridized carbons (Fsp3) is 1.00. The van der Waals surface area contributed by atoms with Gasteiger partial charge in [0.15, 0.2) is 0 Å². The van der Waals surface area contributed by atoms with Gasteiger partial charge in [-0.2, -0.15) is 11.8 Å². The van der Waals surface area contributed by atoms with Crippen LogP contribution in [0.3, 0.4) is 0 Å². The highest BCUT2D eigenvalue weighted by atomic mass is 32.2. The molecule has 96 valence electrons. The van der Waals surface area contributed by atoms with Crippen molar-refractivity contribution in [2.45, 2.75) is 46.1 Å². The molecule has 0 radical (unpaired) electrons. The molecular weight excluding hydrogens is 218 g/mol. The molecule has 1 unspecified atom stereocenters. The molecule has 0 aromatic carbocycles. The van der Waals surface area contributed by atoms with E-state index >= 15 is 0 Å². The lowest BCUT2D eigenvalue weighted by molar-refractivity contribution is 0.142. The van der Waals surface area contributed by atoms with Gasteiger partial charge < -0.3 is 10.1 Å². The molecule has 1 rings (SSSR count). The van der Waals surface area contributed by atoms with Gasteiger partial charge in [-0.25, -0.2) is 0 Å². The summed E-state index contributed by atoms with van der Waals surface area (Å²) in [4.78, 5) is 0. The van der Waals surface area contributed by atoms with E-state index in [0.717, 1.165) is 19.8 Å². The molecule has 1 N–H and O–H groups in total. The van der Waals surface area contributed by atoms with Gasteiger partial charge in [0, 0.05) is 24.1 Å². The molecule has 0 bridgehead atoms. The lowest BCUT2D eigenvalue weighted by Gasteiger charge is -2.32. The minimum atomic E-state index is 0.216. The van der Waals surface area contributed by atoms with Crippen LogP contribution in [0, 0.1) is 5.41 Å². The Morgan fingerprint density at radius 1 is 1.38 bits per heavy atom.